The molecule has 7 heteroatoms. The standard InChI is InChI=1S/C14H20Cl2N2O3.C2H6/c1-14(2,3)21-13(19)18-5-4-6-20-9-7-10(15)12(17)11(16)8-9;1-2/h7-8H,4-6,17H2,1-3H3,(H,18,19);1-2H3. The number of nitrogens with one attached hydrogen (secondary N) is 1. The van der Waals surface area contributed by atoms with E-state index in [2.05, 4.69) is 5.32 Å². The number of amides is 1. The molecule has 0 bridgehead atoms. The average Bonchev–Trinajstić information content (AvgIpc) is 2.44. The number of carbonyl (C=O) groups is 1. The maximum absolute atomic E-state index is 11.4. The number of hydrogen-bond donors (Lipinski definition) is 2. The summed E-state index contributed by atoms with van der Waals surface area (Å²) in [5.41, 5.74) is 5.46. The normalized spacial score (nSPS) is 10.4. The van der Waals surface area contributed by atoms with Crippen LogP contribution in [0.4, 0.5) is 10.5 Å². The molecule has 5 nitrogen and oxygen atoms in total. The largest absolute Gasteiger partial charge is 0.493 e. The monoisotopic (exact) mass is 364 g/mol. The van der Waals surface area contributed by atoms with Crippen molar-refractivity contribution >= 4 is 35.0 Å². The molecule has 0 aromatic heterocycles. The number of nitrogen functional groups attached to an aromatic ring is 1. The van der Waals surface area contributed by atoms with Crippen LogP contribution in [0.5, 0.6) is 5.75 Å². The van der Waals surface area contributed by atoms with Gasteiger partial charge in [-0.3, -0.25) is 0 Å². The number of rotatable bonds is 5. The van der Waals surface area contributed by atoms with Crippen LogP contribution in [-0.4, -0.2) is 24.8 Å². The smallest absolute Gasteiger partial charge is 0.407 e. The number of nitrogens with two attached hydrogens (primary N) is 1. The molecule has 0 saturated carbocycles. The van der Waals surface area contributed by atoms with Crippen molar-refractivity contribution in [1.82, 2.24) is 5.32 Å². The second kappa shape index (κ2) is 10.4. The highest BCUT2D eigenvalue weighted by molar-refractivity contribution is 6.39. The van der Waals surface area contributed by atoms with Gasteiger partial charge in [-0.1, -0.05) is 37.0 Å². The number of benzene rings is 1. The van der Waals surface area contributed by atoms with Crippen LogP contribution in [0.3, 0.4) is 0 Å². The van der Waals surface area contributed by atoms with Gasteiger partial charge in [-0.2, -0.15) is 0 Å². The first kappa shape index (κ1) is 21.7. The Balaban J connectivity index is 0.00000232. The molecule has 1 amide bonds. The third-order valence-corrected chi connectivity index (χ3v) is 2.94. The topological polar surface area (TPSA) is 73.6 Å². The van der Waals surface area contributed by atoms with E-state index in [1.165, 1.54) is 0 Å². The summed E-state index contributed by atoms with van der Waals surface area (Å²) in [7, 11) is 0. The molecule has 0 spiro atoms. The maximum atomic E-state index is 11.4. The van der Waals surface area contributed by atoms with Crippen LogP contribution in [0.1, 0.15) is 41.0 Å². The molecule has 1 aromatic carbocycles. The van der Waals surface area contributed by atoms with Crippen molar-refractivity contribution < 1.29 is 14.3 Å². The van der Waals surface area contributed by atoms with Crippen LogP contribution in [-0.2, 0) is 4.74 Å². The van der Waals surface area contributed by atoms with Gasteiger partial charge in [-0.15, -0.1) is 0 Å². The van der Waals surface area contributed by atoms with Crippen LogP contribution in [0.2, 0.25) is 10.0 Å². The Labute approximate surface area is 148 Å². The van der Waals surface area contributed by atoms with Crippen LogP contribution >= 0.6 is 23.2 Å². The van der Waals surface area contributed by atoms with Gasteiger partial charge in [0.2, 0.25) is 0 Å². The van der Waals surface area contributed by atoms with E-state index < -0.39 is 11.7 Å². The van der Waals surface area contributed by atoms with Crippen LogP contribution in [0, 0.1) is 0 Å². The van der Waals surface area contributed by atoms with Crippen molar-refractivity contribution in [3.63, 3.8) is 0 Å². The predicted molar refractivity (Wildman–Crippen MR) is 96.6 cm³/mol. The summed E-state index contributed by atoms with van der Waals surface area (Å²) in [6.45, 7) is 10.3. The van der Waals surface area contributed by atoms with E-state index in [1.807, 2.05) is 34.6 Å². The Bertz CT molecular complexity index is 480. The third kappa shape index (κ3) is 9.41. The van der Waals surface area contributed by atoms with Crippen LogP contribution in [0.15, 0.2) is 12.1 Å². The molecular formula is C16H26Cl2N2O3. The minimum atomic E-state index is -0.502. The lowest BCUT2D eigenvalue weighted by Gasteiger charge is -2.19. The van der Waals surface area contributed by atoms with Gasteiger partial charge in [-0.05, 0) is 27.2 Å². The van der Waals surface area contributed by atoms with Crippen molar-refractivity contribution in [3.05, 3.63) is 22.2 Å². The number of carbonyl (C=O) groups excluding carboxylic acids is 1. The minimum Gasteiger partial charge on any atom is -0.493 e. The number of halogens is 2. The van der Waals surface area contributed by atoms with E-state index in [-0.39, 0.29) is 0 Å². The number of ether oxygens (including phenoxy) is 2. The molecule has 23 heavy (non-hydrogen) atoms. The van der Waals surface area contributed by atoms with Gasteiger partial charge >= 0.3 is 6.09 Å². The summed E-state index contributed by atoms with van der Waals surface area (Å²) < 4.78 is 10.6. The molecule has 0 saturated heterocycles. The maximum Gasteiger partial charge on any atom is 0.407 e. The van der Waals surface area contributed by atoms with E-state index in [1.54, 1.807) is 12.1 Å². The molecular weight excluding hydrogens is 339 g/mol. The van der Waals surface area contributed by atoms with Gasteiger partial charge in [-0.25, -0.2) is 4.79 Å². The Morgan fingerprint density at radius 3 is 2.22 bits per heavy atom. The van der Waals surface area contributed by atoms with Gasteiger partial charge in [0.05, 0.1) is 22.3 Å². The Morgan fingerprint density at radius 2 is 1.74 bits per heavy atom. The second-order valence-electron chi connectivity index (χ2n) is 5.43. The second-order valence-corrected chi connectivity index (χ2v) is 6.25. The lowest BCUT2D eigenvalue weighted by atomic mass is 10.2. The van der Waals surface area contributed by atoms with Crippen molar-refractivity contribution in [2.24, 2.45) is 0 Å². The van der Waals surface area contributed by atoms with E-state index >= 15 is 0 Å². The summed E-state index contributed by atoms with van der Waals surface area (Å²) in [5, 5.41) is 3.35. The van der Waals surface area contributed by atoms with Gasteiger partial charge in [0.25, 0.3) is 0 Å². The van der Waals surface area contributed by atoms with Crippen molar-refractivity contribution in [2.45, 2.75) is 46.6 Å². The molecule has 0 aliphatic rings. The molecule has 0 fully saturated rings. The molecule has 0 aliphatic heterocycles. The van der Waals surface area contributed by atoms with Gasteiger partial charge < -0.3 is 20.5 Å². The molecule has 3 N–H and O–H groups in total. The lowest BCUT2D eigenvalue weighted by molar-refractivity contribution is 0.0525. The number of hydrogen-bond acceptors (Lipinski definition) is 4. The Hall–Kier alpha value is -1.33. The lowest BCUT2D eigenvalue weighted by Crippen LogP contribution is -2.33. The fourth-order valence-electron chi connectivity index (χ4n) is 1.41. The zero-order valence-corrected chi connectivity index (χ0v) is 15.8. The van der Waals surface area contributed by atoms with Gasteiger partial charge in [0.15, 0.2) is 0 Å². The quantitative estimate of drug-likeness (QED) is 0.575. The third-order valence-electron chi connectivity index (χ3n) is 2.31. The van der Waals surface area contributed by atoms with Crippen molar-refractivity contribution in [2.75, 3.05) is 18.9 Å². The highest BCUT2D eigenvalue weighted by atomic mass is 35.5. The summed E-state index contributed by atoms with van der Waals surface area (Å²) in [5.74, 6) is 0.538. The fraction of sp³-hybridized carbons (Fsp3) is 0.562. The SMILES string of the molecule is CC.CC(C)(C)OC(=O)NCCCOc1cc(Cl)c(N)c(Cl)c1. The van der Waals surface area contributed by atoms with Gasteiger partial charge in [0, 0.05) is 18.7 Å². The molecule has 0 radical (unpaired) electrons. The van der Waals surface area contributed by atoms with Gasteiger partial charge in [0.1, 0.15) is 11.4 Å². The highest BCUT2D eigenvalue weighted by Crippen LogP contribution is 2.32. The zero-order valence-electron chi connectivity index (χ0n) is 14.3. The first-order valence-electron chi connectivity index (χ1n) is 7.53. The highest BCUT2D eigenvalue weighted by Gasteiger charge is 2.15. The molecule has 1 aromatic rings. The van der Waals surface area contributed by atoms with Crippen LogP contribution in [0.25, 0.3) is 0 Å². The summed E-state index contributed by atoms with van der Waals surface area (Å²) in [4.78, 5) is 11.4. The molecule has 132 valence electrons. The molecule has 1 rings (SSSR count). The van der Waals surface area contributed by atoms with Crippen molar-refractivity contribution in [1.29, 1.82) is 0 Å². The first-order chi connectivity index (χ1) is 10.7. The van der Waals surface area contributed by atoms with E-state index in [0.29, 0.717) is 41.1 Å². The van der Waals surface area contributed by atoms with E-state index in [0.717, 1.165) is 0 Å². The van der Waals surface area contributed by atoms with Crippen LogP contribution < -0.4 is 15.8 Å². The van der Waals surface area contributed by atoms with E-state index in [4.69, 9.17) is 38.4 Å². The minimum absolute atomic E-state index is 0.331. The Morgan fingerprint density at radius 1 is 1.22 bits per heavy atom. The van der Waals surface area contributed by atoms with E-state index in [9.17, 15) is 4.79 Å². The molecule has 0 aliphatic carbocycles. The summed E-state index contributed by atoms with van der Waals surface area (Å²) in [6, 6.07) is 3.20. The number of alkyl carbamates (subject to hydrolysis) is 1. The molecule has 0 heterocycles. The predicted octanol–water partition coefficient (Wildman–Crippen LogP) is 4.90. The fourth-order valence-corrected chi connectivity index (χ4v) is 1.88. The number of anilines is 1. The molecule has 0 atom stereocenters. The summed E-state index contributed by atoms with van der Waals surface area (Å²) in [6.07, 6.45) is 0.180. The molecule has 0 unspecified atom stereocenters. The first-order valence-corrected chi connectivity index (χ1v) is 8.29. The Kier molecular flexibility index (Phi) is 9.84. The van der Waals surface area contributed by atoms with Crippen molar-refractivity contribution in [3.8, 4) is 5.75 Å². The summed E-state index contributed by atoms with van der Waals surface area (Å²) >= 11 is 11.8. The zero-order chi connectivity index (χ0) is 18.0. The average molecular weight is 365 g/mol.